The minimum atomic E-state index is 0.510. The Morgan fingerprint density at radius 3 is 2.75 bits per heavy atom. The van der Waals surface area contributed by atoms with Gasteiger partial charge in [0.1, 0.15) is 23.0 Å². The molecule has 0 unspecified atom stereocenters. The second kappa shape index (κ2) is 2.98. The molecule has 0 aromatic carbocycles. The van der Waals surface area contributed by atoms with Gasteiger partial charge in [-0.1, -0.05) is 6.92 Å². The molecular weight excluding hydrogens is 217 g/mol. The topological polar surface area (TPSA) is 12.5 Å². The van der Waals surface area contributed by atoms with Crippen LogP contribution in [0.5, 0.6) is 0 Å². The molecule has 0 aliphatic carbocycles. The summed E-state index contributed by atoms with van der Waals surface area (Å²) in [6.07, 6.45) is 0.510. The molecule has 0 amide bonds. The Balaban J connectivity index is 2.03. The zero-order chi connectivity index (χ0) is 5.98. The molecule has 48 valence electrons. The molecule has 0 bridgehead atoms. The summed E-state index contributed by atoms with van der Waals surface area (Å²) < 4.78 is 5.05. The van der Waals surface area contributed by atoms with E-state index in [4.69, 9.17) is 3.07 Å². The molecule has 1 saturated heterocycles. The Labute approximate surface area is 63.9 Å². The van der Waals surface area contributed by atoms with E-state index in [1.165, 1.54) is 0 Å². The molecule has 3 heteroatoms. The third-order valence-corrected chi connectivity index (χ3v) is 2.22. The second-order valence-corrected chi connectivity index (χ2v) is 2.57. The summed E-state index contributed by atoms with van der Waals surface area (Å²) in [5.74, 6) is 0. The lowest BCUT2D eigenvalue weighted by Crippen LogP contribution is -2.50. The van der Waals surface area contributed by atoms with Gasteiger partial charge >= 0.3 is 0 Å². The first-order valence-electron chi connectivity index (χ1n) is 2.86. The normalized spacial score (nSPS) is 23.2. The van der Waals surface area contributed by atoms with Gasteiger partial charge in [-0.25, -0.2) is 0 Å². The first-order chi connectivity index (χ1) is 3.86. The van der Waals surface area contributed by atoms with Crippen LogP contribution in [-0.2, 0) is 3.07 Å². The van der Waals surface area contributed by atoms with Crippen LogP contribution in [0.2, 0.25) is 0 Å². The van der Waals surface area contributed by atoms with Crippen molar-refractivity contribution in [2.45, 2.75) is 13.0 Å². The fourth-order valence-corrected chi connectivity index (χ4v) is 1.16. The van der Waals surface area contributed by atoms with E-state index in [-0.39, 0.29) is 0 Å². The van der Waals surface area contributed by atoms with Crippen LogP contribution in [0.15, 0.2) is 0 Å². The third-order valence-electron chi connectivity index (χ3n) is 1.50. The van der Waals surface area contributed by atoms with Crippen molar-refractivity contribution in [2.24, 2.45) is 0 Å². The number of hydrogen-bond donors (Lipinski definition) is 0. The lowest BCUT2D eigenvalue weighted by atomic mass is 10.2. The second-order valence-electron chi connectivity index (χ2n) is 2.06. The van der Waals surface area contributed by atoms with E-state index in [2.05, 4.69) is 11.8 Å². The predicted octanol–water partition coefficient (Wildman–Crippen LogP) is 1.06. The van der Waals surface area contributed by atoms with Crippen molar-refractivity contribution in [3.8, 4) is 0 Å². The number of rotatable bonds is 2. The minimum Gasteiger partial charge on any atom is -0.310 e. The summed E-state index contributed by atoms with van der Waals surface area (Å²) in [4.78, 5) is 2.35. The lowest BCUT2D eigenvalue weighted by molar-refractivity contribution is 0.0532. The van der Waals surface area contributed by atoms with E-state index >= 15 is 0 Å². The number of likely N-dealkylation sites (tertiary alicyclic amines) is 1. The van der Waals surface area contributed by atoms with Crippen LogP contribution in [0.25, 0.3) is 0 Å². The lowest BCUT2D eigenvalue weighted by Gasteiger charge is -2.36. The fourth-order valence-electron chi connectivity index (χ4n) is 0.837. The monoisotopic (exact) mass is 227 g/mol. The molecule has 0 aromatic heterocycles. The Morgan fingerprint density at radius 2 is 2.38 bits per heavy atom. The maximum absolute atomic E-state index is 5.05. The van der Waals surface area contributed by atoms with Crippen molar-refractivity contribution in [3.05, 3.63) is 0 Å². The van der Waals surface area contributed by atoms with Crippen LogP contribution in [0.3, 0.4) is 0 Å². The molecule has 1 heterocycles. The fraction of sp³-hybridized carbons (Fsp3) is 1.00. The van der Waals surface area contributed by atoms with Gasteiger partial charge < -0.3 is 3.07 Å². The molecule has 0 radical (unpaired) electrons. The third kappa shape index (κ3) is 1.33. The average Bonchev–Trinajstić information content (AvgIpc) is 1.65. The van der Waals surface area contributed by atoms with E-state index in [0.29, 0.717) is 6.10 Å². The van der Waals surface area contributed by atoms with Gasteiger partial charge in [0, 0.05) is 13.1 Å². The Hall–Kier alpha value is 0.650. The summed E-state index contributed by atoms with van der Waals surface area (Å²) in [6, 6.07) is 0. The molecule has 0 aromatic rings. The molecule has 0 atom stereocenters. The summed E-state index contributed by atoms with van der Waals surface area (Å²) in [7, 11) is 0. The van der Waals surface area contributed by atoms with Crippen LogP contribution in [0, 0.1) is 0 Å². The molecule has 1 aliphatic heterocycles. The zero-order valence-corrected chi connectivity index (χ0v) is 7.09. The van der Waals surface area contributed by atoms with Crippen LogP contribution in [0.4, 0.5) is 0 Å². The van der Waals surface area contributed by atoms with Crippen LogP contribution in [0.1, 0.15) is 6.92 Å². The summed E-state index contributed by atoms with van der Waals surface area (Å²) in [6.45, 7) is 5.58. The molecule has 0 N–H and O–H groups in total. The van der Waals surface area contributed by atoms with Crippen LogP contribution in [-0.4, -0.2) is 30.6 Å². The number of nitrogens with zero attached hydrogens (tertiary/aromatic N) is 1. The van der Waals surface area contributed by atoms with Gasteiger partial charge in [0.05, 0.1) is 6.10 Å². The SMILES string of the molecule is CCN1CC(OI)C1. The average molecular weight is 227 g/mol. The van der Waals surface area contributed by atoms with E-state index < -0.39 is 0 Å². The van der Waals surface area contributed by atoms with Crippen molar-refractivity contribution in [3.63, 3.8) is 0 Å². The van der Waals surface area contributed by atoms with E-state index in [1.54, 1.807) is 0 Å². The van der Waals surface area contributed by atoms with Gasteiger partial charge in [-0.2, -0.15) is 0 Å². The maximum Gasteiger partial charge on any atom is 0.110 e. The van der Waals surface area contributed by atoms with E-state index in [0.717, 1.165) is 19.6 Å². The van der Waals surface area contributed by atoms with Crippen molar-refractivity contribution in [1.29, 1.82) is 0 Å². The quantitative estimate of drug-likeness (QED) is 0.654. The van der Waals surface area contributed by atoms with Crippen molar-refractivity contribution in [2.75, 3.05) is 19.6 Å². The first kappa shape index (κ1) is 6.77. The minimum absolute atomic E-state index is 0.510. The summed E-state index contributed by atoms with van der Waals surface area (Å²) in [5, 5.41) is 0. The summed E-state index contributed by atoms with van der Waals surface area (Å²) >= 11 is 1.96. The first-order valence-corrected chi connectivity index (χ1v) is 3.74. The van der Waals surface area contributed by atoms with Crippen molar-refractivity contribution in [1.82, 2.24) is 4.90 Å². The van der Waals surface area contributed by atoms with E-state index in [9.17, 15) is 0 Å². The highest BCUT2D eigenvalue weighted by molar-refractivity contribution is 14.1. The van der Waals surface area contributed by atoms with Gasteiger partial charge in [-0.15, -0.1) is 0 Å². The van der Waals surface area contributed by atoms with Crippen LogP contribution >= 0.6 is 23.0 Å². The van der Waals surface area contributed by atoms with Gasteiger partial charge in [-0.05, 0) is 6.54 Å². The van der Waals surface area contributed by atoms with Gasteiger partial charge in [0.15, 0.2) is 0 Å². The Morgan fingerprint density at radius 1 is 1.75 bits per heavy atom. The Kier molecular flexibility index (Phi) is 2.52. The van der Waals surface area contributed by atoms with Crippen molar-refractivity contribution < 1.29 is 3.07 Å². The molecule has 1 fully saturated rings. The zero-order valence-electron chi connectivity index (χ0n) is 4.93. The molecule has 8 heavy (non-hydrogen) atoms. The molecule has 1 rings (SSSR count). The largest absolute Gasteiger partial charge is 0.310 e. The highest BCUT2D eigenvalue weighted by Gasteiger charge is 2.24. The van der Waals surface area contributed by atoms with Crippen molar-refractivity contribution >= 4 is 23.0 Å². The molecule has 2 nitrogen and oxygen atoms in total. The molecule has 0 saturated carbocycles. The number of hydrogen-bond acceptors (Lipinski definition) is 2. The van der Waals surface area contributed by atoms with Gasteiger partial charge in [0.25, 0.3) is 0 Å². The highest BCUT2D eigenvalue weighted by atomic mass is 127. The van der Waals surface area contributed by atoms with E-state index in [1.807, 2.05) is 23.0 Å². The highest BCUT2D eigenvalue weighted by Crippen LogP contribution is 2.12. The smallest absolute Gasteiger partial charge is 0.110 e. The maximum atomic E-state index is 5.05. The van der Waals surface area contributed by atoms with Gasteiger partial charge in [0.2, 0.25) is 0 Å². The van der Waals surface area contributed by atoms with Gasteiger partial charge in [-0.3, -0.25) is 4.90 Å². The Bertz CT molecular complexity index is 64.8. The number of halogens is 1. The van der Waals surface area contributed by atoms with Crippen LogP contribution < -0.4 is 0 Å². The summed E-state index contributed by atoms with van der Waals surface area (Å²) in [5.41, 5.74) is 0. The molecular formula is C5H10INO. The molecule has 1 aliphatic rings. The number of likely N-dealkylation sites (N-methyl/N-ethyl adjacent to an activating group) is 1. The molecule has 0 spiro atoms. The predicted molar refractivity (Wildman–Crippen MR) is 41.0 cm³/mol. The standard InChI is InChI=1S/C5H10INO/c1-2-7-3-5(4-7)8-6/h5H,2-4H2,1H3.